The van der Waals surface area contributed by atoms with Crippen LogP contribution in [0.3, 0.4) is 0 Å². The van der Waals surface area contributed by atoms with Crippen LogP contribution in [0.25, 0.3) is 0 Å². The molecule has 0 unspecified atom stereocenters. The Morgan fingerprint density at radius 3 is 2.70 bits per heavy atom. The van der Waals surface area contributed by atoms with Gasteiger partial charge in [0.15, 0.2) is 5.82 Å². The van der Waals surface area contributed by atoms with E-state index in [0.29, 0.717) is 5.69 Å². The lowest BCUT2D eigenvalue weighted by Crippen LogP contribution is -2.14. The second-order valence-electron chi connectivity index (χ2n) is 3.97. The largest absolute Gasteiger partial charge is 0.394 e. The van der Waals surface area contributed by atoms with Gasteiger partial charge in [0.2, 0.25) is 0 Å². The Kier molecular flexibility index (Phi) is 3.57. The molecule has 4 N–H and O–H groups in total. The summed E-state index contributed by atoms with van der Waals surface area (Å²) in [5, 5.41) is 15.1. The van der Waals surface area contributed by atoms with Crippen molar-refractivity contribution in [1.29, 1.82) is 5.26 Å². The first-order valence-corrected chi connectivity index (χ1v) is 7.24. The zero-order chi connectivity index (χ0) is 14.9. The number of sulfonamides is 1. The third kappa shape index (κ3) is 2.54. The summed E-state index contributed by atoms with van der Waals surface area (Å²) < 4.78 is 26.6. The molecule has 1 heterocycles. The van der Waals surface area contributed by atoms with Gasteiger partial charge in [-0.3, -0.25) is 9.82 Å². The molecular weight excluding hydrogens is 302 g/mol. The number of nitriles is 1. The molecule has 0 amide bonds. The summed E-state index contributed by atoms with van der Waals surface area (Å²) >= 11 is 5.81. The maximum absolute atomic E-state index is 12.2. The SMILES string of the molecule is Cc1[nH]nc(NS(=O)(=O)c2ccc(C#N)c(Cl)c2)c1N. The van der Waals surface area contributed by atoms with Gasteiger partial charge in [0.1, 0.15) is 6.07 Å². The molecule has 2 rings (SSSR count). The molecule has 0 bridgehead atoms. The van der Waals surface area contributed by atoms with Gasteiger partial charge >= 0.3 is 0 Å². The highest BCUT2D eigenvalue weighted by Gasteiger charge is 2.19. The highest BCUT2D eigenvalue weighted by atomic mass is 35.5. The number of nitrogen functional groups attached to an aromatic ring is 1. The van der Waals surface area contributed by atoms with Gasteiger partial charge in [-0.15, -0.1) is 0 Å². The lowest BCUT2D eigenvalue weighted by atomic mass is 10.2. The third-order valence-corrected chi connectivity index (χ3v) is 4.25. The molecule has 0 spiro atoms. The van der Waals surface area contributed by atoms with E-state index >= 15 is 0 Å². The molecule has 0 saturated carbocycles. The molecule has 1 aromatic carbocycles. The molecule has 0 atom stereocenters. The molecule has 0 saturated heterocycles. The number of nitrogens with one attached hydrogen (secondary N) is 2. The topological polar surface area (TPSA) is 125 Å². The minimum atomic E-state index is -3.88. The van der Waals surface area contributed by atoms with Gasteiger partial charge in [0.25, 0.3) is 10.0 Å². The van der Waals surface area contributed by atoms with Crippen molar-refractivity contribution in [3.8, 4) is 6.07 Å². The fourth-order valence-corrected chi connectivity index (χ4v) is 2.79. The Morgan fingerprint density at radius 2 is 2.20 bits per heavy atom. The van der Waals surface area contributed by atoms with Crippen LogP contribution in [0.5, 0.6) is 0 Å². The van der Waals surface area contributed by atoms with E-state index in [2.05, 4.69) is 14.9 Å². The molecule has 9 heteroatoms. The fraction of sp³-hybridized carbons (Fsp3) is 0.0909. The van der Waals surface area contributed by atoms with E-state index in [4.69, 9.17) is 22.6 Å². The van der Waals surface area contributed by atoms with E-state index in [1.54, 1.807) is 6.92 Å². The number of hydrogen-bond donors (Lipinski definition) is 3. The predicted molar refractivity (Wildman–Crippen MR) is 74.7 cm³/mol. The van der Waals surface area contributed by atoms with Crippen LogP contribution in [0.4, 0.5) is 11.5 Å². The average Bonchev–Trinajstić information content (AvgIpc) is 2.70. The third-order valence-electron chi connectivity index (χ3n) is 2.60. The maximum atomic E-state index is 12.2. The van der Waals surface area contributed by atoms with Gasteiger partial charge < -0.3 is 5.73 Å². The molecule has 0 fully saturated rings. The maximum Gasteiger partial charge on any atom is 0.263 e. The van der Waals surface area contributed by atoms with Gasteiger partial charge in [-0.2, -0.15) is 10.4 Å². The first kappa shape index (κ1) is 14.2. The number of aromatic nitrogens is 2. The van der Waals surface area contributed by atoms with Gasteiger partial charge in [-0.1, -0.05) is 11.6 Å². The lowest BCUT2D eigenvalue weighted by molar-refractivity contribution is 0.601. The summed E-state index contributed by atoms with van der Waals surface area (Å²) in [6.45, 7) is 1.67. The number of anilines is 2. The molecule has 7 nitrogen and oxygen atoms in total. The molecular formula is C11H10ClN5O2S. The monoisotopic (exact) mass is 311 g/mol. The zero-order valence-corrected chi connectivity index (χ0v) is 11.9. The number of hydrogen-bond acceptors (Lipinski definition) is 5. The summed E-state index contributed by atoms with van der Waals surface area (Å²) in [4.78, 5) is -0.0819. The standard InChI is InChI=1S/C11H10ClN5O2S/c1-6-10(14)11(16-15-6)17-20(18,19)8-3-2-7(5-13)9(12)4-8/h2-4H,14H2,1H3,(H2,15,16,17). The van der Waals surface area contributed by atoms with E-state index in [1.165, 1.54) is 18.2 Å². The number of H-pyrrole nitrogens is 1. The number of benzene rings is 1. The molecule has 0 aliphatic heterocycles. The minimum Gasteiger partial charge on any atom is -0.394 e. The molecule has 104 valence electrons. The number of aromatic amines is 1. The summed E-state index contributed by atoms with van der Waals surface area (Å²) in [7, 11) is -3.88. The quantitative estimate of drug-likeness (QED) is 0.794. The van der Waals surface area contributed by atoms with Crippen LogP contribution in [-0.4, -0.2) is 18.6 Å². The highest BCUT2D eigenvalue weighted by molar-refractivity contribution is 7.92. The number of nitrogens with two attached hydrogens (primary N) is 1. The van der Waals surface area contributed by atoms with Crippen molar-refractivity contribution in [3.05, 3.63) is 34.5 Å². The Bertz CT molecular complexity index is 807. The van der Waals surface area contributed by atoms with Crippen LogP contribution in [0, 0.1) is 18.3 Å². The van der Waals surface area contributed by atoms with E-state index in [-0.39, 0.29) is 27.0 Å². The smallest absolute Gasteiger partial charge is 0.263 e. The summed E-state index contributed by atoms with van der Waals surface area (Å²) in [5.74, 6) is 0.0167. The van der Waals surface area contributed by atoms with E-state index in [1.807, 2.05) is 6.07 Å². The van der Waals surface area contributed by atoms with Crippen LogP contribution >= 0.6 is 11.6 Å². The fourth-order valence-electron chi connectivity index (χ4n) is 1.46. The highest BCUT2D eigenvalue weighted by Crippen LogP contribution is 2.24. The van der Waals surface area contributed by atoms with E-state index < -0.39 is 10.0 Å². The Hall–Kier alpha value is -2.24. The molecule has 0 radical (unpaired) electrons. The first-order chi connectivity index (χ1) is 9.35. The van der Waals surface area contributed by atoms with Crippen LogP contribution < -0.4 is 10.5 Å². The first-order valence-electron chi connectivity index (χ1n) is 5.38. The number of aryl methyl sites for hydroxylation is 1. The van der Waals surface area contributed by atoms with Crippen molar-refractivity contribution in [2.24, 2.45) is 0 Å². The Balaban J connectivity index is 2.39. The molecule has 20 heavy (non-hydrogen) atoms. The summed E-state index contributed by atoms with van der Waals surface area (Å²) in [6.07, 6.45) is 0. The second-order valence-corrected chi connectivity index (χ2v) is 6.06. The van der Waals surface area contributed by atoms with Gasteiger partial charge in [0, 0.05) is 0 Å². The van der Waals surface area contributed by atoms with Gasteiger partial charge in [0.05, 0.1) is 26.9 Å². The Morgan fingerprint density at radius 1 is 1.50 bits per heavy atom. The molecule has 0 aliphatic rings. The van der Waals surface area contributed by atoms with E-state index in [9.17, 15) is 8.42 Å². The van der Waals surface area contributed by atoms with E-state index in [0.717, 1.165) is 0 Å². The van der Waals surface area contributed by atoms with Crippen LogP contribution in [0.2, 0.25) is 5.02 Å². The minimum absolute atomic E-state index is 0.0167. The van der Waals surface area contributed by atoms with Gasteiger partial charge in [-0.25, -0.2) is 8.42 Å². The van der Waals surface area contributed by atoms with Crippen molar-refractivity contribution in [3.63, 3.8) is 0 Å². The summed E-state index contributed by atoms with van der Waals surface area (Å²) in [5.41, 5.74) is 6.64. The zero-order valence-electron chi connectivity index (χ0n) is 10.3. The molecule has 2 aromatic rings. The van der Waals surface area contributed by atoms with Crippen LogP contribution in [0.15, 0.2) is 23.1 Å². The van der Waals surface area contributed by atoms with Crippen molar-refractivity contribution < 1.29 is 8.42 Å². The predicted octanol–water partition coefficient (Wildman–Crippen LogP) is 1.63. The normalized spacial score (nSPS) is 11.1. The van der Waals surface area contributed by atoms with Crippen LogP contribution in [-0.2, 0) is 10.0 Å². The number of rotatable bonds is 3. The van der Waals surface area contributed by atoms with Crippen molar-refractivity contribution in [2.75, 3.05) is 10.5 Å². The van der Waals surface area contributed by atoms with Crippen molar-refractivity contribution in [2.45, 2.75) is 11.8 Å². The Labute approximate surface area is 120 Å². The second kappa shape index (κ2) is 5.03. The lowest BCUT2D eigenvalue weighted by Gasteiger charge is -2.07. The van der Waals surface area contributed by atoms with Crippen molar-refractivity contribution >= 4 is 33.1 Å². The summed E-state index contributed by atoms with van der Waals surface area (Å²) in [6, 6.07) is 5.65. The molecule has 1 aromatic heterocycles. The average molecular weight is 312 g/mol. The number of nitrogens with zero attached hydrogens (tertiary/aromatic N) is 2. The molecule has 0 aliphatic carbocycles. The van der Waals surface area contributed by atoms with Crippen molar-refractivity contribution in [1.82, 2.24) is 10.2 Å². The van der Waals surface area contributed by atoms with Gasteiger partial charge in [-0.05, 0) is 25.1 Å². The van der Waals surface area contributed by atoms with Crippen LogP contribution in [0.1, 0.15) is 11.3 Å². The number of halogens is 1.